The van der Waals surface area contributed by atoms with Gasteiger partial charge in [-0.05, 0) is 24.6 Å². The Morgan fingerprint density at radius 1 is 1.35 bits per heavy atom. The van der Waals surface area contributed by atoms with Gasteiger partial charge in [0.15, 0.2) is 0 Å². The first-order chi connectivity index (χ1) is 7.97. The number of nitrogen functional groups attached to an aromatic ring is 1. The molecule has 0 amide bonds. The number of hydrogen-bond donors (Lipinski definition) is 2. The monoisotopic (exact) mass is 270 g/mol. The normalized spacial score (nSPS) is 11.4. The summed E-state index contributed by atoms with van der Waals surface area (Å²) in [5, 5.41) is 7.09. The van der Waals surface area contributed by atoms with E-state index < -0.39 is 10.0 Å². The molecule has 0 aliphatic carbocycles. The lowest BCUT2D eigenvalue weighted by Crippen LogP contribution is -2.12. The molecule has 0 fully saturated rings. The van der Waals surface area contributed by atoms with Crippen LogP contribution in [-0.4, -0.2) is 18.6 Å². The zero-order valence-corrected chi connectivity index (χ0v) is 10.5. The van der Waals surface area contributed by atoms with Crippen LogP contribution in [0.3, 0.4) is 0 Å². The van der Waals surface area contributed by atoms with Gasteiger partial charge in [-0.3, -0.25) is 4.72 Å². The molecule has 1 aromatic heterocycles. The second kappa shape index (κ2) is 4.30. The molecule has 0 atom stereocenters. The fraction of sp³-hybridized carbons (Fsp3) is 0.111. The van der Waals surface area contributed by atoms with Crippen molar-refractivity contribution in [2.45, 2.75) is 11.3 Å². The van der Waals surface area contributed by atoms with Crippen molar-refractivity contribution in [1.29, 1.82) is 0 Å². The van der Waals surface area contributed by atoms with Crippen molar-refractivity contribution in [3.63, 3.8) is 0 Å². The summed E-state index contributed by atoms with van der Waals surface area (Å²) < 4.78 is 26.0. The molecule has 1 heterocycles. The fourth-order valence-corrected chi connectivity index (χ4v) is 3.07. The molecule has 0 spiro atoms. The Kier molecular flexibility index (Phi) is 2.99. The third kappa shape index (κ3) is 2.71. The van der Waals surface area contributed by atoms with E-state index in [9.17, 15) is 8.42 Å². The van der Waals surface area contributed by atoms with Gasteiger partial charge in [-0.15, -0.1) is 10.2 Å². The molecule has 90 valence electrons. The third-order valence-electron chi connectivity index (χ3n) is 1.92. The van der Waals surface area contributed by atoms with Crippen molar-refractivity contribution < 1.29 is 8.42 Å². The number of anilines is 2. The van der Waals surface area contributed by atoms with Crippen LogP contribution in [0.25, 0.3) is 0 Å². The number of nitrogens with two attached hydrogens (primary N) is 1. The number of nitrogens with zero attached hydrogens (tertiary/aromatic N) is 2. The minimum atomic E-state index is -3.69. The van der Waals surface area contributed by atoms with Crippen molar-refractivity contribution >= 4 is 32.2 Å². The van der Waals surface area contributed by atoms with E-state index >= 15 is 0 Å². The highest BCUT2D eigenvalue weighted by molar-refractivity contribution is 7.94. The number of rotatable bonds is 3. The van der Waals surface area contributed by atoms with Gasteiger partial charge in [0.2, 0.25) is 5.13 Å². The van der Waals surface area contributed by atoms with Gasteiger partial charge in [-0.2, -0.15) is 8.42 Å². The van der Waals surface area contributed by atoms with Gasteiger partial charge in [0.05, 0.1) is 0 Å². The van der Waals surface area contributed by atoms with Gasteiger partial charge in [0.1, 0.15) is 0 Å². The molecule has 3 N–H and O–H groups in total. The molecular formula is C9H10N4O2S2. The van der Waals surface area contributed by atoms with Gasteiger partial charge in [-0.25, -0.2) is 0 Å². The summed E-state index contributed by atoms with van der Waals surface area (Å²) in [6.07, 6.45) is 0. The standard InChI is InChI=1S/C9H10N4O2S2/c1-6-3-2-4-7(5-6)13-17(14,15)9-12-11-8(10)16-9/h2-5,13H,1H3,(H2,10,11). The molecule has 0 saturated carbocycles. The first kappa shape index (κ1) is 11.8. The van der Waals surface area contributed by atoms with Crippen LogP contribution < -0.4 is 10.5 Å². The molecule has 2 rings (SSSR count). The lowest BCUT2D eigenvalue weighted by atomic mass is 10.2. The van der Waals surface area contributed by atoms with Gasteiger partial charge in [0, 0.05) is 5.69 Å². The zero-order chi connectivity index (χ0) is 12.5. The van der Waals surface area contributed by atoms with Gasteiger partial charge >= 0.3 is 0 Å². The van der Waals surface area contributed by atoms with E-state index in [4.69, 9.17) is 5.73 Å². The quantitative estimate of drug-likeness (QED) is 0.874. The lowest BCUT2D eigenvalue weighted by Gasteiger charge is -2.05. The van der Waals surface area contributed by atoms with E-state index in [1.54, 1.807) is 18.2 Å². The highest BCUT2D eigenvalue weighted by Gasteiger charge is 2.19. The number of nitrogens with one attached hydrogen (secondary N) is 1. The van der Waals surface area contributed by atoms with E-state index in [0.29, 0.717) is 5.69 Å². The van der Waals surface area contributed by atoms with Crippen LogP contribution in [0.2, 0.25) is 0 Å². The maximum atomic E-state index is 11.9. The highest BCUT2D eigenvalue weighted by Crippen LogP contribution is 2.20. The summed E-state index contributed by atoms with van der Waals surface area (Å²) >= 11 is 0.823. The summed E-state index contributed by atoms with van der Waals surface area (Å²) in [7, 11) is -3.69. The summed E-state index contributed by atoms with van der Waals surface area (Å²) in [6.45, 7) is 1.88. The topological polar surface area (TPSA) is 98.0 Å². The molecule has 1 aromatic carbocycles. The highest BCUT2D eigenvalue weighted by atomic mass is 32.2. The molecule has 0 bridgehead atoms. The summed E-state index contributed by atoms with van der Waals surface area (Å²) in [5.41, 5.74) is 6.79. The Hall–Kier alpha value is -1.67. The average Bonchev–Trinajstić information content (AvgIpc) is 2.65. The smallest absolute Gasteiger partial charge is 0.291 e. The molecule has 2 aromatic rings. The largest absolute Gasteiger partial charge is 0.374 e. The van der Waals surface area contributed by atoms with Crippen LogP contribution in [0.15, 0.2) is 28.6 Å². The van der Waals surface area contributed by atoms with Crippen molar-refractivity contribution in [3.05, 3.63) is 29.8 Å². The van der Waals surface area contributed by atoms with Crippen LogP contribution in [0, 0.1) is 6.92 Å². The Balaban J connectivity index is 2.29. The molecule has 0 radical (unpaired) electrons. The van der Waals surface area contributed by atoms with Crippen LogP contribution in [-0.2, 0) is 10.0 Å². The van der Waals surface area contributed by atoms with E-state index in [2.05, 4.69) is 14.9 Å². The fourth-order valence-electron chi connectivity index (χ4n) is 1.24. The number of aryl methyl sites for hydroxylation is 1. The molecule has 17 heavy (non-hydrogen) atoms. The second-order valence-electron chi connectivity index (χ2n) is 3.38. The first-order valence-electron chi connectivity index (χ1n) is 4.66. The Morgan fingerprint density at radius 2 is 2.12 bits per heavy atom. The zero-order valence-electron chi connectivity index (χ0n) is 8.91. The van der Waals surface area contributed by atoms with Crippen molar-refractivity contribution in [3.8, 4) is 0 Å². The van der Waals surface area contributed by atoms with E-state index in [-0.39, 0.29) is 9.47 Å². The molecule has 0 saturated heterocycles. The molecular weight excluding hydrogens is 260 g/mol. The predicted molar refractivity (Wildman–Crippen MR) is 66.3 cm³/mol. The summed E-state index contributed by atoms with van der Waals surface area (Å²) in [6, 6.07) is 7.03. The van der Waals surface area contributed by atoms with Crippen molar-refractivity contribution in [2.75, 3.05) is 10.5 Å². The average molecular weight is 270 g/mol. The van der Waals surface area contributed by atoms with Crippen LogP contribution in [0.5, 0.6) is 0 Å². The van der Waals surface area contributed by atoms with Crippen LogP contribution in [0.4, 0.5) is 10.8 Å². The number of sulfonamides is 1. The van der Waals surface area contributed by atoms with Crippen molar-refractivity contribution in [1.82, 2.24) is 10.2 Å². The van der Waals surface area contributed by atoms with Gasteiger partial charge in [0.25, 0.3) is 14.4 Å². The maximum Gasteiger partial charge on any atom is 0.291 e. The minimum Gasteiger partial charge on any atom is -0.374 e. The van der Waals surface area contributed by atoms with Crippen LogP contribution in [0.1, 0.15) is 5.56 Å². The van der Waals surface area contributed by atoms with E-state index in [1.807, 2.05) is 13.0 Å². The first-order valence-corrected chi connectivity index (χ1v) is 6.96. The second-order valence-corrected chi connectivity index (χ2v) is 6.25. The van der Waals surface area contributed by atoms with Crippen molar-refractivity contribution in [2.24, 2.45) is 0 Å². The summed E-state index contributed by atoms with van der Waals surface area (Å²) in [5.74, 6) is 0. The number of aromatic nitrogens is 2. The third-order valence-corrected chi connectivity index (χ3v) is 4.42. The molecule has 0 unspecified atom stereocenters. The Bertz CT molecular complexity index is 636. The molecule has 6 nitrogen and oxygen atoms in total. The molecule has 0 aliphatic rings. The minimum absolute atomic E-state index is 0.120. The molecule has 0 aliphatic heterocycles. The van der Waals surface area contributed by atoms with E-state index in [0.717, 1.165) is 16.9 Å². The van der Waals surface area contributed by atoms with Gasteiger partial charge in [-0.1, -0.05) is 23.5 Å². The van der Waals surface area contributed by atoms with Crippen LogP contribution >= 0.6 is 11.3 Å². The molecule has 8 heteroatoms. The summed E-state index contributed by atoms with van der Waals surface area (Å²) in [4.78, 5) is 0. The van der Waals surface area contributed by atoms with Gasteiger partial charge < -0.3 is 5.73 Å². The Labute approximate surface area is 103 Å². The van der Waals surface area contributed by atoms with E-state index in [1.165, 1.54) is 0 Å². The lowest BCUT2D eigenvalue weighted by molar-refractivity contribution is 0.599. The SMILES string of the molecule is Cc1cccc(NS(=O)(=O)c2nnc(N)s2)c1. The maximum absolute atomic E-state index is 11.9. The predicted octanol–water partition coefficient (Wildman–Crippen LogP) is 1.23. The number of benzene rings is 1. The Morgan fingerprint density at radius 3 is 2.71 bits per heavy atom. The number of hydrogen-bond acceptors (Lipinski definition) is 6.